The van der Waals surface area contributed by atoms with Gasteiger partial charge in [0.25, 0.3) is 5.91 Å². The van der Waals surface area contributed by atoms with E-state index < -0.39 is 0 Å². The third-order valence-corrected chi connectivity index (χ3v) is 2.67. The molecule has 1 amide bonds. The summed E-state index contributed by atoms with van der Waals surface area (Å²) >= 11 is 0. The number of nitrogens with two attached hydrogens (primary N) is 1. The monoisotopic (exact) mass is 250 g/mol. The molecule has 0 atom stereocenters. The molecular formula is C14H22N2O2. The van der Waals surface area contributed by atoms with E-state index in [9.17, 15) is 4.79 Å². The molecule has 1 aromatic rings. The van der Waals surface area contributed by atoms with E-state index in [-0.39, 0.29) is 5.91 Å². The van der Waals surface area contributed by atoms with E-state index in [1.807, 2.05) is 0 Å². The number of benzene rings is 1. The van der Waals surface area contributed by atoms with E-state index in [2.05, 4.69) is 19.2 Å². The summed E-state index contributed by atoms with van der Waals surface area (Å²) in [4.78, 5) is 11.9. The lowest BCUT2D eigenvalue weighted by Crippen LogP contribution is -2.24. The van der Waals surface area contributed by atoms with Crippen LogP contribution in [0.4, 0.5) is 5.69 Å². The fourth-order valence-corrected chi connectivity index (χ4v) is 1.69. The number of rotatable bonds is 6. The number of hydrogen-bond acceptors (Lipinski definition) is 3. The predicted octanol–water partition coefficient (Wildman–Crippen LogP) is 2.44. The van der Waals surface area contributed by atoms with E-state index >= 15 is 0 Å². The minimum Gasteiger partial charge on any atom is -0.497 e. The smallest absolute Gasteiger partial charge is 0.251 e. The van der Waals surface area contributed by atoms with Gasteiger partial charge in [0.05, 0.1) is 7.11 Å². The molecule has 0 aliphatic heterocycles. The Morgan fingerprint density at radius 1 is 1.39 bits per heavy atom. The number of ether oxygens (including phenoxy) is 1. The standard InChI is InChI=1S/C14H22N2O2/c1-10(2)5-4-6-16-14(17)11-7-12(15)9-13(8-11)18-3/h7-10H,4-6,15H2,1-3H3,(H,16,17). The van der Waals surface area contributed by atoms with Crippen LogP contribution in [0.5, 0.6) is 5.75 Å². The van der Waals surface area contributed by atoms with Crippen LogP contribution in [0.25, 0.3) is 0 Å². The molecule has 0 radical (unpaired) electrons. The molecule has 0 unspecified atom stereocenters. The van der Waals surface area contributed by atoms with Crippen molar-refractivity contribution in [3.8, 4) is 5.75 Å². The van der Waals surface area contributed by atoms with E-state index in [0.29, 0.717) is 29.5 Å². The Morgan fingerprint density at radius 3 is 2.72 bits per heavy atom. The van der Waals surface area contributed by atoms with E-state index in [1.54, 1.807) is 25.3 Å². The predicted molar refractivity (Wildman–Crippen MR) is 73.8 cm³/mol. The lowest BCUT2D eigenvalue weighted by Gasteiger charge is -2.09. The van der Waals surface area contributed by atoms with Crippen molar-refractivity contribution in [3.05, 3.63) is 23.8 Å². The van der Waals surface area contributed by atoms with Gasteiger partial charge >= 0.3 is 0 Å². The molecule has 0 aliphatic rings. The van der Waals surface area contributed by atoms with Crippen LogP contribution < -0.4 is 15.8 Å². The highest BCUT2D eigenvalue weighted by Gasteiger charge is 2.07. The van der Waals surface area contributed by atoms with Gasteiger partial charge in [-0.2, -0.15) is 0 Å². The number of methoxy groups -OCH3 is 1. The SMILES string of the molecule is COc1cc(N)cc(C(=O)NCCCC(C)C)c1. The molecule has 0 heterocycles. The second-order valence-corrected chi connectivity index (χ2v) is 4.79. The molecule has 0 aliphatic carbocycles. The van der Waals surface area contributed by atoms with Crippen molar-refractivity contribution in [2.24, 2.45) is 5.92 Å². The minimum atomic E-state index is -0.107. The molecule has 3 N–H and O–H groups in total. The van der Waals surface area contributed by atoms with Gasteiger partial charge in [0.1, 0.15) is 5.75 Å². The van der Waals surface area contributed by atoms with Crippen molar-refractivity contribution in [3.63, 3.8) is 0 Å². The molecule has 1 rings (SSSR count). The normalized spacial score (nSPS) is 10.4. The average molecular weight is 250 g/mol. The average Bonchev–Trinajstić information content (AvgIpc) is 2.33. The van der Waals surface area contributed by atoms with Crippen LogP contribution in [-0.2, 0) is 0 Å². The van der Waals surface area contributed by atoms with Crippen LogP contribution >= 0.6 is 0 Å². The van der Waals surface area contributed by atoms with Gasteiger partial charge in [-0.25, -0.2) is 0 Å². The highest BCUT2D eigenvalue weighted by Crippen LogP contribution is 2.18. The van der Waals surface area contributed by atoms with Gasteiger partial charge in [-0.3, -0.25) is 4.79 Å². The van der Waals surface area contributed by atoms with Gasteiger partial charge in [0.15, 0.2) is 0 Å². The summed E-state index contributed by atoms with van der Waals surface area (Å²) in [5, 5.41) is 2.88. The summed E-state index contributed by atoms with van der Waals surface area (Å²) in [6, 6.07) is 5.03. The molecule has 100 valence electrons. The number of nitrogen functional groups attached to an aromatic ring is 1. The molecule has 0 aromatic heterocycles. The minimum absolute atomic E-state index is 0.107. The first-order valence-corrected chi connectivity index (χ1v) is 6.25. The summed E-state index contributed by atoms with van der Waals surface area (Å²) in [6.07, 6.45) is 2.10. The molecule has 0 bridgehead atoms. The Kier molecular flexibility index (Phi) is 5.49. The summed E-state index contributed by atoms with van der Waals surface area (Å²) in [5.41, 5.74) is 6.78. The second kappa shape index (κ2) is 6.89. The van der Waals surface area contributed by atoms with Gasteiger partial charge < -0.3 is 15.8 Å². The molecule has 0 saturated heterocycles. The van der Waals surface area contributed by atoms with Gasteiger partial charge in [-0.1, -0.05) is 13.8 Å². The number of anilines is 1. The third kappa shape index (κ3) is 4.65. The number of nitrogens with one attached hydrogen (secondary N) is 1. The molecular weight excluding hydrogens is 228 g/mol. The Bertz CT molecular complexity index is 403. The number of carbonyl (C=O) groups is 1. The molecule has 0 fully saturated rings. The summed E-state index contributed by atoms with van der Waals surface area (Å²) in [5.74, 6) is 1.15. The third-order valence-electron chi connectivity index (χ3n) is 2.67. The zero-order valence-corrected chi connectivity index (χ0v) is 11.3. The van der Waals surface area contributed by atoms with Crippen LogP contribution in [0, 0.1) is 5.92 Å². The molecule has 4 heteroatoms. The quantitative estimate of drug-likeness (QED) is 0.602. The zero-order valence-electron chi connectivity index (χ0n) is 11.3. The molecule has 4 nitrogen and oxygen atoms in total. The van der Waals surface area contributed by atoms with Gasteiger partial charge in [0.2, 0.25) is 0 Å². The fourth-order valence-electron chi connectivity index (χ4n) is 1.69. The van der Waals surface area contributed by atoms with Crippen molar-refractivity contribution in [2.75, 3.05) is 19.4 Å². The Hall–Kier alpha value is -1.71. The van der Waals surface area contributed by atoms with Gasteiger partial charge in [-0.05, 0) is 30.9 Å². The number of hydrogen-bond donors (Lipinski definition) is 2. The number of carbonyl (C=O) groups excluding carboxylic acids is 1. The maximum atomic E-state index is 11.9. The van der Waals surface area contributed by atoms with Crippen LogP contribution in [0.1, 0.15) is 37.0 Å². The highest BCUT2D eigenvalue weighted by molar-refractivity contribution is 5.95. The first kappa shape index (κ1) is 14.4. The van der Waals surface area contributed by atoms with E-state index in [4.69, 9.17) is 10.5 Å². The lowest BCUT2D eigenvalue weighted by molar-refractivity contribution is 0.0952. The highest BCUT2D eigenvalue weighted by atomic mass is 16.5. The van der Waals surface area contributed by atoms with Crippen molar-refractivity contribution < 1.29 is 9.53 Å². The Morgan fingerprint density at radius 2 is 2.11 bits per heavy atom. The zero-order chi connectivity index (χ0) is 13.5. The molecule has 18 heavy (non-hydrogen) atoms. The van der Waals surface area contributed by atoms with Crippen molar-refractivity contribution in [1.82, 2.24) is 5.32 Å². The van der Waals surface area contributed by atoms with Crippen molar-refractivity contribution in [2.45, 2.75) is 26.7 Å². The summed E-state index contributed by atoms with van der Waals surface area (Å²) in [7, 11) is 1.55. The van der Waals surface area contributed by atoms with Crippen LogP contribution in [0.2, 0.25) is 0 Å². The van der Waals surface area contributed by atoms with Crippen LogP contribution in [0.3, 0.4) is 0 Å². The Labute approximate surface area is 109 Å². The molecule has 0 saturated carbocycles. The lowest BCUT2D eigenvalue weighted by atomic mass is 10.1. The topological polar surface area (TPSA) is 64.3 Å². The van der Waals surface area contributed by atoms with Crippen LogP contribution in [0.15, 0.2) is 18.2 Å². The largest absolute Gasteiger partial charge is 0.497 e. The van der Waals surface area contributed by atoms with E-state index in [0.717, 1.165) is 12.8 Å². The van der Waals surface area contributed by atoms with Gasteiger partial charge in [-0.15, -0.1) is 0 Å². The molecule has 0 spiro atoms. The second-order valence-electron chi connectivity index (χ2n) is 4.79. The summed E-state index contributed by atoms with van der Waals surface area (Å²) < 4.78 is 5.08. The van der Waals surface area contributed by atoms with Crippen molar-refractivity contribution >= 4 is 11.6 Å². The maximum Gasteiger partial charge on any atom is 0.251 e. The first-order chi connectivity index (χ1) is 8.52. The summed E-state index contributed by atoms with van der Waals surface area (Å²) in [6.45, 7) is 5.03. The van der Waals surface area contributed by atoms with Gasteiger partial charge in [0, 0.05) is 23.9 Å². The van der Waals surface area contributed by atoms with E-state index in [1.165, 1.54) is 0 Å². The van der Waals surface area contributed by atoms with Crippen molar-refractivity contribution in [1.29, 1.82) is 0 Å². The van der Waals surface area contributed by atoms with Crippen LogP contribution in [-0.4, -0.2) is 19.6 Å². The number of amides is 1. The maximum absolute atomic E-state index is 11.9. The first-order valence-electron chi connectivity index (χ1n) is 6.25. The Balaban J connectivity index is 2.53. The fraction of sp³-hybridized carbons (Fsp3) is 0.500. The molecule has 1 aromatic carbocycles.